The van der Waals surface area contributed by atoms with Gasteiger partial charge in [0.25, 0.3) is 0 Å². The Balaban J connectivity index is 2.16. The van der Waals surface area contributed by atoms with Crippen LogP contribution in [0.3, 0.4) is 0 Å². The highest BCUT2D eigenvalue weighted by Gasteiger charge is 2.10. The van der Waals surface area contributed by atoms with Gasteiger partial charge in [0.2, 0.25) is 0 Å². The fourth-order valence-corrected chi connectivity index (χ4v) is 1.77. The van der Waals surface area contributed by atoms with Crippen LogP contribution in [0.2, 0.25) is 0 Å². The summed E-state index contributed by atoms with van der Waals surface area (Å²) in [5.41, 5.74) is 2.36. The minimum atomic E-state index is -0.993. The molecule has 2 rings (SSSR count). The molecule has 104 valence electrons. The lowest BCUT2D eigenvalue weighted by Gasteiger charge is -2.11. The third-order valence-corrected chi connectivity index (χ3v) is 2.93. The maximum atomic E-state index is 11.0. The van der Waals surface area contributed by atoms with E-state index in [4.69, 9.17) is 14.6 Å². The largest absolute Gasteiger partial charge is 0.493 e. The molecule has 4 nitrogen and oxygen atoms in total. The lowest BCUT2D eigenvalue weighted by molar-refractivity contribution is 0.0696. The number of carbonyl (C=O) groups is 1. The number of aryl methyl sites for hydroxylation is 1. The molecule has 0 heterocycles. The van der Waals surface area contributed by atoms with Gasteiger partial charge in [0.1, 0.15) is 6.61 Å². The fraction of sp³-hybridized carbons (Fsp3) is 0.188. The Morgan fingerprint density at radius 2 is 1.80 bits per heavy atom. The third kappa shape index (κ3) is 3.29. The van der Waals surface area contributed by atoms with Crippen LogP contribution in [0.1, 0.15) is 21.5 Å². The van der Waals surface area contributed by atoms with Gasteiger partial charge in [-0.2, -0.15) is 0 Å². The monoisotopic (exact) mass is 272 g/mol. The van der Waals surface area contributed by atoms with Crippen LogP contribution in [0.4, 0.5) is 0 Å². The number of carboxylic acid groups (broad SMARTS) is 1. The summed E-state index contributed by atoms with van der Waals surface area (Å²) in [7, 11) is 1.52. The lowest BCUT2D eigenvalue weighted by atomic mass is 10.1. The molecule has 0 spiro atoms. The zero-order chi connectivity index (χ0) is 14.5. The molecule has 2 aromatic carbocycles. The molecular weight excluding hydrogens is 256 g/mol. The molecule has 0 radical (unpaired) electrons. The lowest BCUT2D eigenvalue weighted by Crippen LogP contribution is -2.01. The predicted molar refractivity (Wildman–Crippen MR) is 75.5 cm³/mol. The smallest absolute Gasteiger partial charge is 0.335 e. The maximum Gasteiger partial charge on any atom is 0.335 e. The molecule has 0 saturated carbocycles. The first-order valence-corrected chi connectivity index (χ1v) is 6.20. The Hall–Kier alpha value is -2.49. The van der Waals surface area contributed by atoms with Crippen molar-refractivity contribution in [1.82, 2.24) is 0 Å². The van der Waals surface area contributed by atoms with Gasteiger partial charge in [0.15, 0.2) is 11.5 Å². The Morgan fingerprint density at radius 3 is 2.40 bits per heavy atom. The highest BCUT2D eigenvalue weighted by molar-refractivity contribution is 5.88. The Bertz CT molecular complexity index is 602. The number of hydrogen-bond acceptors (Lipinski definition) is 3. The van der Waals surface area contributed by atoms with Crippen molar-refractivity contribution in [3.8, 4) is 11.5 Å². The van der Waals surface area contributed by atoms with E-state index in [0.717, 1.165) is 5.56 Å². The predicted octanol–water partition coefficient (Wildman–Crippen LogP) is 3.28. The van der Waals surface area contributed by atoms with Gasteiger partial charge in [-0.25, -0.2) is 4.79 Å². The molecule has 0 aliphatic heterocycles. The van der Waals surface area contributed by atoms with Gasteiger partial charge < -0.3 is 14.6 Å². The molecule has 0 aliphatic rings. The number of ether oxygens (including phenoxy) is 2. The number of rotatable bonds is 5. The minimum Gasteiger partial charge on any atom is -0.493 e. The zero-order valence-corrected chi connectivity index (χ0v) is 11.4. The SMILES string of the molecule is COc1ccc(C(=O)O)cc1OCc1ccc(C)cc1. The topological polar surface area (TPSA) is 55.8 Å². The van der Waals surface area contributed by atoms with Gasteiger partial charge in [-0.15, -0.1) is 0 Å². The first-order valence-electron chi connectivity index (χ1n) is 6.20. The summed E-state index contributed by atoms with van der Waals surface area (Å²) >= 11 is 0. The summed E-state index contributed by atoms with van der Waals surface area (Å²) in [4.78, 5) is 11.0. The number of carboxylic acids is 1. The molecule has 1 N–H and O–H groups in total. The average molecular weight is 272 g/mol. The van der Waals surface area contributed by atoms with Crippen molar-refractivity contribution in [2.24, 2.45) is 0 Å². The van der Waals surface area contributed by atoms with E-state index < -0.39 is 5.97 Å². The quantitative estimate of drug-likeness (QED) is 0.907. The van der Waals surface area contributed by atoms with E-state index >= 15 is 0 Å². The highest BCUT2D eigenvalue weighted by atomic mass is 16.5. The number of aromatic carboxylic acids is 1. The van der Waals surface area contributed by atoms with Crippen LogP contribution in [-0.2, 0) is 6.61 Å². The average Bonchev–Trinajstić information content (AvgIpc) is 2.46. The highest BCUT2D eigenvalue weighted by Crippen LogP contribution is 2.28. The number of hydrogen-bond donors (Lipinski definition) is 1. The Labute approximate surface area is 117 Å². The van der Waals surface area contributed by atoms with Gasteiger partial charge >= 0.3 is 5.97 Å². The molecule has 4 heteroatoms. The standard InChI is InChI=1S/C16H16O4/c1-11-3-5-12(6-4-11)10-20-15-9-13(16(17)18)7-8-14(15)19-2/h3-9H,10H2,1-2H3,(H,17,18). The fourth-order valence-electron chi connectivity index (χ4n) is 1.77. The second kappa shape index (κ2) is 6.10. The van der Waals surface area contributed by atoms with Crippen molar-refractivity contribution < 1.29 is 19.4 Å². The first kappa shape index (κ1) is 13.9. The van der Waals surface area contributed by atoms with E-state index in [1.54, 1.807) is 6.07 Å². The molecule has 0 unspecified atom stereocenters. The Kier molecular flexibility index (Phi) is 4.25. The van der Waals surface area contributed by atoms with Crippen molar-refractivity contribution >= 4 is 5.97 Å². The van der Waals surface area contributed by atoms with Crippen molar-refractivity contribution in [2.45, 2.75) is 13.5 Å². The van der Waals surface area contributed by atoms with Crippen LogP contribution in [0.25, 0.3) is 0 Å². The second-order valence-corrected chi connectivity index (χ2v) is 4.45. The summed E-state index contributed by atoms with van der Waals surface area (Å²) in [5, 5.41) is 8.99. The molecule has 0 amide bonds. The number of methoxy groups -OCH3 is 1. The van der Waals surface area contributed by atoms with Crippen molar-refractivity contribution in [1.29, 1.82) is 0 Å². The molecular formula is C16H16O4. The van der Waals surface area contributed by atoms with E-state index in [0.29, 0.717) is 18.1 Å². The molecule has 0 fully saturated rings. The van der Waals surface area contributed by atoms with Gasteiger partial charge in [0.05, 0.1) is 12.7 Å². The van der Waals surface area contributed by atoms with Gasteiger partial charge in [-0.1, -0.05) is 29.8 Å². The molecule has 0 bridgehead atoms. The first-order chi connectivity index (χ1) is 9.60. The summed E-state index contributed by atoms with van der Waals surface area (Å²) < 4.78 is 10.8. The Morgan fingerprint density at radius 1 is 1.10 bits per heavy atom. The van der Waals surface area contributed by atoms with Crippen molar-refractivity contribution in [3.05, 3.63) is 59.2 Å². The molecule has 0 saturated heterocycles. The van der Waals surface area contributed by atoms with E-state index in [1.165, 1.54) is 24.8 Å². The van der Waals surface area contributed by atoms with Crippen molar-refractivity contribution in [3.63, 3.8) is 0 Å². The van der Waals surface area contributed by atoms with E-state index in [-0.39, 0.29) is 5.56 Å². The second-order valence-electron chi connectivity index (χ2n) is 4.45. The molecule has 0 aliphatic carbocycles. The normalized spacial score (nSPS) is 10.1. The molecule has 0 aromatic heterocycles. The third-order valence-electron chi connectivity index (χ3n) is 2.93. The molecule has 20 heavy (non-hydrogen) atoms. The zero-order valence-electron chi connectivity index (χ0n) is 11.4. The van der Waals surface area contributed by atoms with Crippen LogP contribution >= 0.6 is 0 Å². The van der Waals surface area contributed by atoms with Crippen LogP contribution in [-0.4, -0.2) is 18.2 Å². The van der Waals surface area contributed by atoms with Gasteiger partial charge in [0, 0.05) is 0 Å². The molecule has 0 atom stereocenters. The summed E-state index contributed by atoms with van der Waals surface area (Å²) in [5.74, 6) is -0.0528. The maximum absolute atomic E-state index is 11.0. The van der Waals surface area contributed by atoms with Crippen LogP contribution in [0.15, 0.2) is 42.5 Å². The van der Waals surface area contributed by atoms with Crippen molar-refractivity contribution in [2.75, 3.05) is 7.11 Å². The summed E-state index contributed by atoms with van der Waals surface area (Å²) in [6.45, 7) is 2.38. The van der Waals surface area contributed by atoms with Crippen LogP contribution in [0.5, 0.6) is 11.5 Å². The van der Waals surface area contributed by atoms with Crippen LogP contribution < -0.4 is 9.47 Å². The number of benzene rings is 2. The minimum absolute atomic E-state index is 0.171. The van der Waals surface area contributed by atoms with E-state index in [2.05, 4.69) is 0 Å². The van der Waals surface area contributed by atoms with E-state index in [1.807, 2.05) is 31.2 Å². The van der Waals surface area contributed by atoms with E-state index in [9.17, 15) is 4.79 Å². The van der Waals surface area contributed by atoms with Gasteiger partial charge in [-0.3, -0.25) is 0 Å². The molecule has 2 aromatic rings. The van der Waals surface area contributed by atoms with Gasteiger partial charge in [-0.05, 0) is 30.7 Å². The van der Waals surface area contributed by atoms with Crippen LogP contribution in [0, 0.1) is 6.92 Å². The summed E-state index contributed by atoms with van der Waals surface area (Å²) in [6.07, 6.45) is 0. The summed E-state index contributed by atoms with van der Waals surface area (Å²) in [6, 6.07) is 12.5.